The van der Waals surface area contributed by atoms with Crippen LogP contribution in [0, 0.1) is 0 Å². The maximum Gasteiger partial charge on any atom is 0.191 e. The van der Waals surface area contributed by atoms with E-state index in [1.165, 1.54) is 0 Å². The highest BCUT2D eigenvalue weighted by Gasteiger charge is 2.12. The third-order valence-corrected chi connectivity index (χ3v) is 4.47. The first kappa shape index (κ1) is 27.5. The molecular formula is C23H34IN3O5. The Labute approximate surface area is 207 Å². The molecule has 0 aromatic heterocycles. The van der Waals surface area contributed by atoms with E-state index in [2.05, 4.69) is 15.6 Å². The Kier molecular flexibility index (Phi) is 12.4. The van der Waals surface area contributed by atoms with Crippen LogP contribution in [0.3, 0.4) is 0 Å². The molecule has 0 aliphatic heterocycles. The van der Waals surface area contributed by atoms with Crippen molar-refractivity contribution in [3.8, 4) is 28.7 Å². The number of ether oxygens (including phenoxy) is 5. The van der Waals surface area contributed by atoms with Crippen LogP contribution in [0.15, 0.2) is 41.4 Å². The fourth-order valence-electron chi connectivity index (χ4n) is 2.91. The minimum Gasteiger partial charge on any atom is -0.497 e. The number of guanidine groups is 1. The topological polar surface area (TPSA) is 82.6 Å². The summed E-state index contributed by atoms with van der Waals surface area (Å²) >= 11 is 0. The summed E-state index contributed by atoms with van der Waals surface area (Å²) in [6, 6.07) is 11.2. The lowest BCUT2D eigenvalue weighted by Crippen LogP contribution is -2.41. The van der Waals surface area contributed by atoms with E-state index in [1.807, 2.05) is 44.2 Å². The highest BCUT2D eigenvalue weighted by molar-refractivity contribution is 14.0. The largest absolute Gasteiger partial charge is 0.497 e. The van der Waals surface area contributed by atoms with E-state index < -0.39 is 0 Å². The number of benzene rings is 2. The molecule has 32 heavy (non-hydrogen) atoms. The van der Waals surface area contributed by atoms with Gasteiger partial charge in [0.2, 0.25) is 0 Å². The van der Waals surface area contributed by atoms with Gasteiger partial charge in [-0.05, 0) is 32.0 Å². The summed E-state index contributed by atoms with van der Waals surface area (Å²) in [7, 11) is 6.45. The Hall–Kier alpha value is -2.56. The SMILES string of the molecule is CCNC(=NCc1cc(OC)c(OC)cc1OC)NCC(C)Oc1cccc(OC)c1.I. The zero-order chi connectivity index (χ0) is 22.6. The van der Waals surface area contributed by atoms with Crippen LogP contribution in [0.5, 0.6) is 28.7 Å². The first-order valence-corrected chi connectivity index (χ1v) is 10.2. The molecule has 0 saturated heterocycles. The van der Waals surface area contributed by atoms with Crippen molar-refractivity contribution in [3.05, 3.63) is 42.0 Å². The average molecular weight is 559 g/mol. The Balaban J connectivity index is 0.00000512. The van der Waals surface area contributed by atoms with Crippen molar-refractivity contribution >= 4 is 29.9 Å². The number of aliphatic imine (C=N–C) groups is 1. The predicted octanol–water partition coefficient (Wildman–Crippen LogP) is 3.86. The van der Waals surface area contributed by atoms with Crippen molar-refractivity contribution in [1.29, 1.82) is 0 Å². The van der Waals surface area contributed by atoms with Gasteiger partial charge in [0, 0.05) is 24.2 Å². The molecule has 1 unspecified atom stereocenters. The van der Waals surface area contributed by atoms with Crippen molar-refractivity contribution in [3.63, 3.8) is 0 Å². The molecular weight excluding hydrogens is 525 g/mol. The van der Waals surface area contributed by atoms with Crippen LogP contribution in [0.25, 0.3) is 0 Å². The van der Waals surface area contributed by atoms with E-state index in [1.54, 1.807) is 34.5 Å². The van der Waals surface area contributed by atoms with E-state index >= 15 is 0 Å². The molecule has 2 N–H and O–H groups in total. The lowest BCUT2D eigenvalue weighted by atomic mass is 10.1. The number of hydrogen-bond donors (Lipinski definition) is 2. The second-order valence-corrected chi connectivity index (χ2v) is 6.70. The fraction of sp³-hybridized carbons (Fsp3) is 0.435. The van der Waals surface area contributed by atoms with Crippen molar-refractivity contribution in [2.45, 2.75) is 26.5 Å². The first-order chi connectivity index (χ1) is 15.0. The van der Waals surface area contributed by atoms with Crippen LogP contribution >= 0.6 is 24.0 Å². The third kappa shape index (κ3) is 8.18. The number of methoxy groups -OCH3 is 4. The normalized spacial score (nSPS) is 11.6. The molecule has 0 aliphatic rings. The van der Waals surface area contributed by atoms with Crippen molar-refractivity contribution in [1.82, 2.24) is 10.6 Å². The monoisotopic (exact) mass is 559 g/mol. The van der Waals surface area contributed by atoms with Crippen LogP contribution < -0.4 is 34.3 Å². The number of nitrogens with zero attached hydrogens (tertiary/aromatic N) is 1. The van der Waals surface area contributed by atoms with Gasteiger partial charge in [-0.3, -0.25) is 0 Å². The molecule has 0 fully saturated rings. The molecule has 2 aromatic rings. The number of rotatable bonds is 11. The second kappa shape index (κ2) is 14.5. The molecule has 2 aromatic carbocycles. The van der Waals surface area contributed by atoms with Gasteiger partial charge in [-0.2, -0.15) is 0 Å². The summed E-state index contributed by atoms with van der Waals surface area (Å²) in [5.74, 6) is 4.13. The second-order valence-electron chi connectivity index (χ2n) is 6.70. The third-order valence-electron chi connectivity index (χ3n) is 4.47. The van der Waals surface area contributed by atoms with Crippen LogP contribution in [0.1, 0.15) is 19.4 Å². The van der Waals surface area contributed by atoms with Gasteiger partial charge in [0.05, 0.1) is 41.5 Å². The summed E-state index contributed by atoms with van der Waals surface area (Å²) in [6.07, 6.45) is -0.0772. The number of nitrogens with one attached hydrogen (secondary N) is 2. The maximum atomic E-state index is 5.96. The van der Waals surface area contributed by atoms with Crippen LogP contribution in [0.4, 0.5) is 0 Å². The van der Waals surface area contributed by atoms with Crippen molar-refractivity contribution in [2.75, 3.05) is 41.5 Å². The molecule has 0 amide bonds. The molecule has 8 nitrogen and oxygen atoms in total. The fourth-order valence-corrected chi connectivity index (χ4v) is 2.91. The van der Waals surface area contributed by atoms with Gasteiger partial charge in [0.25, 0.3) is 0 Å². The molecule has 0 aliphatic carbocycles. The molecule has 0 saturated carbocycles. The summed E-state index contributed by atoms with van der Waals surface area (Å²) in [4.78, 5) is 4.67. The van der Waals surface area contributed by atoms with Gasteiger partial charge in [-0.15, -0.1) is 24.0 Å². The standard InChI is InChI=1S/C23H33N3O5.HI/c1-7-24-23(25-14-16(2)31-19-10-8-9-18(12-19)27-3)26-15-17-11-21(29-5)22(30-6)13-20(17)28-4;/h8-13,16H,7,14-15H2,1-6H3,(H2,24,25,26);1H. The van der Waals surface area contributed by atoms with Crippen LogP contribution in [0.2, 0.25) is 0 Å². The lowest BCUT2D eigenvalue weighted by molar-refractivity contribution is 0.223. The van der Waals surface area contributed by atoms with Crippen molar-refractivity contribution in [2.24, 2.45) is 4.99 Å². The Morgan fingerprint density at radius 2 is 1.53 bits per heavy atom. The average Bonchev–Trinajstić information content (AvgIpc) is 2.80. The summed E-state index contributed by atoms with van der Waals surface area (Å²) in [5, 5.41) is 6.56. The van der Waals surface area contributed by atoms with Gasteiger partial charge in [0.15, 0.2) is 17.5 Å². The summed E-state index contributed by atoms with van der Waals surface area (Å²) < 4.78 is 27.4. The van der Waals surface area contributed by atoms with Gasteiger partial charge < -0.3 is 34.3 Å². The summed E-state index contributed by atoms with van der Waals surface area (Å²) in [5.41, 5.74) is 0.887. The first-order valence-electron chi connectivity index (χ1n) is 10.2. The molecule has 2 rings (SSSR count). The zero-order valence-corrected chi connectivity index (χ0v) is 21.9. The Morgan fingerprint density at radius 3 is 2.16 bits per heavy atom. The lowest BCUT2D eigenvalue weighted by Gasteiger charge is -2.18. The van der Waals surface area contributed by atoms with Gasteiger partial charge in [0.1, 0.15) is 23.4 Å². The van der Waals surface area contributed by atoms with E-state index in [4.69, 9.17) is 23.7 Å². The van der Waals surface area contributed by atoms with Crippen LogP contribution in [-0.2, 0) is 6.54 Å². The van der Waals surface area contributed by atoms with E-state index in [0.29, 0.717) is 36.3 Å². The van der Waals surface area contributed by atoms with Gasteiger partial charge in [-0.25, -0.2) is 4.99 Å². The van der Waals surface area contributed by atoms with Crippen LogP contribution in [-0.4, -0.2) is 53.6 Å². The van der Waals surface area contributed by atoms with Gasteiger partial charge >= 0.3 is 0 Å². The molecule has 178 valence electrons. The molecule has 0 bridgehead atoms. The van der Waals surface area contributed by atoms with E-state index in [-0.39, 0.29) is 30.1 Å². The minimum atomic E-state index is -0.0772. The van der Waals surface area contributed by atoms with E-state index in [9.17, 15) is 0 Å². The Bertz CT molecular complexity index is 864. The highest BCUT2D eigenvalue weighted by atomic mass is 127. The van der Waals surface area contributed by atoms with Gasteiger partial charge in [-0.1, -0.05) is 6.07 Å². The predicted molar refractivity (Wildman–Crippen MR) is 137 cm³/mol. The molecule has 9 heteroatoms. The maximum absolute atomic E-state index is 5.96. The zero-order valence-electron chi connectivity index (χ0n) is 19.6. The molecule has 0 radical (unpaired) electrons. The van der Waals surface area contributed by atoms with Crippen molar-refractivity contribution < 1.29 is 23.7 Å². The quantitative estimate of drug-likeness (QED) is 0.246. The van der Waals surface area contributed by atoms with E-state index in [0.717, 1.165) is 23.6 Å². The Morgan fingerprint density at radius 1 is 0.875 bits per heavy atom. The number of hydrogen-bond acceptors (Lipinski definition) is 6. The number of halogens is 1. The molecule has 1 atom stereocenters. The smallest absolute Gasteiger partial charge is 0.191 e. The molecule has 0 spiro atoms. The highest BCUT2D eigenvalue weighted by Crippen LogP contribution is 2.34. The summed E-state index contributed by atoms with van der Waals surface area (Å²) in [6.45, 7) is 5.73. The molecule has 0 heterocycles. The minimum absolute atomic E-state index is 0.